The smallest absolute Gasteiger partial charge is 0.193 e. The maximum Gasteiger partial charge on any atom is 0.193 e. The van der Waals surface area contributed by atoms with Gasteiger partial charge in [0.05, 0.1) is 18.3 Å². The molecule has 3 rings (SSSR count). The maximum atomic E-state index is 9.95. The van der Waals surface area contributed by atoms with Crippen molar-refractivity contribution in [2.75, 3.05) is 0 Å². The lowest BCUT2D eigenvalue weighted by Gasteiger charge is -2.06. The molecule has 4 nitrogen and oxygen atoms in total. The third-order valence-corrected chi connectivity index (χ3v) is 3.98. The molecular weight excluding hydrogens is 258 g/mol. The molecule has 19 heavy (non-hydrogen) atoms. The van der Waals surface area contributed by atoms with Crippen molar-refractivity contribution in [3.8, 4) is 0 Å². The Morgan fingerprint density at radius 1 is 1.37 bits per heavy atom. The summed E-state index contributed by atoms with van der Waals surface area (Å²) >= 11 is 1.64. The number of imidazole rings is 1. The van der Waals surface area contributed by atoms with Crippen molar-refractivity contribution in [1.82, 2.24) is 14.0 Å². The second-order valence-corrected chi connectivity index (χ2v) is 5.62. The Kier molecular flexibility index (Phi) is 3.40. The van der Waals surface area contributed by atoms with E-state index in [4.69, 9.17) is 0 Å². The molecule has 0 bridgehead atoms. The lowest BCUT2D eigenvalue weighted by atomic mass is 10.1. The van der Waals surface area contributed by atoms with Gasteiger partial charge >= 0.3 is 0 Å². The van der Waals surface area contributed by atoms with Gasteiger partial charge in [-0.15, -0.1) is 11.3 Å². The number of nitrogens with zero attached hydrogens (tertiary/aromatic N) is 3. The highest BCUT2D eigenvalue weighted by Crippen LogP contribution is 2.19. The highest BCUT2D eigenvalue weighted by molar-refractivity contribution is 7.15. The zero-order chi connectivity index (χ0) is 13.2. The van der Waals surface area contributed by atoms with Crippen LogP contribution in [0.4, 0.5) is 0 Å². The standard InChI is InChI=1S/C14H17N3OS/c1-2-3-13(18)11-4-5-16(8-11)9-12-10-17-6-7-19-14(17)15-12/h4-8,10,13,18H,2-3,9H2,1H3. The summed E-state index contributed by atoms with van der Waals surface area (Å²) in [5.74, 6) is 0. The maximum absolute atomic E-state index is 9.95. The first-order valence-electron chi connectivity index (χ1n) is 6.51. The molecule has 0 aliphatic heterocycles. The van der Waals surface area contributed by atoms with Crippen LogP contribution < -0.4 is 0 Å². The largest absolute Gasteiger partial charge is 0.388 e. The van der Waals surface area contributed by atoms with Crippen LogP contribution in [-0.2, 0) is 6.54 Å². The lowest BCUT2D eigenvalue weighted by Crippen LogP contribution is -1.98. The zero-order valence-corrected chi connectivity index (χ0v) is 11.7. The van der Waals surface area contributed by atoms with Crippen LogP contribution in [0.1, 0.15) is 37.1 Å². The third kappa shape index (κ3) is 2.57. The molecule has 0 aliphatic carbocycles. The van der Waals surface area contributed by atoms with Gasteiger partial charge in [-0.25, -0.2) is 4.98 Å². The summed E-state index contributed by atoms with van der Waals surface area (Å²) in [5, 5.41) is 12.0. The Morgan fingerprint density at radius 3 is 3.05 bits per heavy atom. The topological polar surface area (TPSA) is 42.5 Å². The van der Waals surface area contributed by atoms with Crippen LogP contribution in [-0.4, -0.2) is 19.1 Å². The highest BCUT2D eigenvalue weighted by Gasteiger charge is 2.09. The molecule has 0 amide bonds. The fourth-order valence-corrected chi connectivity index (χ4v) is 2.95. The van der Waals surface area contributed by atoms with Crippen LogP contribution >= 0.6 is 11.3 Å². The van der Waals surface area contributed by atoms with Gasteiger partial charge in [0.1, 0.15) is 0 Å². The first-order chi connectivity index (χ1) is 9.26. The number of fused-ring (bicyclic) bond motifs is 1. The molecule has 0 fully saturated rings. The minimum Gasteiger partial charge on any atom is -0.388 e. The van der Waals surface area contributed by atoms with Crippen LogP contribution in [0.3, 0.4) is 0 Å². The molecule has 1 unspecified atom stereocenters. The summed E-state index contributed by atoms with van der Waals surface area (Å²) in [7, 11) is 0. The monoisotopic (exact) mass is 275 g/mol. The molecule has 0 spiro atoms. The van der Waals surface area contributed by atoms with Crippen LogP contribution in [0.5, 0.6) is 0 Å². The average molecular weight is 275 g/mol. The molecular formula is C14H17N3OS. The van der Waals surface area contributed by atoms with Crippen molar-refractivity contribution in [1.29, 1.82) is 0 Å². The van der Waals surface area contributed by atoms with Gasteiger partial charge in [-0.2, -0.15) is 0 Å². The van der Waals surface area contributed by atoms with Crippen LogP contribution in [0, 0.1) is 0 Å². The van der Waals surface area contributed by atoms with Gasteiger partial charge in [-0.05, 0) is 18.1 Å². The number of aliphatic hydroxyl groups is 1. The summed E-state index contributed by atoms with van der Waals surface area (Å²) in [4.78, 5) is 5.58. The fourth-order valence-electron chi connectivity index (χ4n) is 2.23. The molecule has 3 aromatic heterocycles. The Labute approximate surface area is 116 Å². The molecule has 3 heterocycles. The molecule has 0 radical (unpaired) electrons. The average Bonchev–Trinajstić information content (AvgIpc) is 3.04. The normalized spacial score (nSPS) is 13.2. The molecule has 0 saturated heterocycles. The number of rotatable bonds is 5. The Bertz CT molecular complexity index is 638. The van der Waals surface area contributed by atoms with Gasteiger partial charge in [0.25, 0.3) is 0 Å². The SMILES string of the molecule is CCCC(O)c1ccn(Cc2cn3ccsc3n2)c1. The molecule has 100 valence electrons. The van der Waals surface area contributed by atoms with E-state index in [0.29, 0.717) is 0 Å². The summed E-state index contributed by atoms with van der Waals surface area (Å²) in [6.45, 7) is 2.82. The molecule has 5 heteroatoms. The molecule has 0 saturated carbocycles. The van der Waals surface area contributed by atoms with E-state index in [-0.39, 0.29) is 6.10 Å². The second kappa shape index (κ2) is 5.19. The van der Waals surface area contributed by atoms with Gasteiger partial charge in [0.15, 0.2) is 4.96 Å². The van der Waals surface area contributed by atoms with Crippen molar-refractivity contribution in [3.05, 3.63) is 47.5 Å². The molecule has 3 aromatic rings. The van der Waals surface area contributed by atoms with Gasteiger partial charge in [-0.1, -0.05) is 13.3 Å². The Morgan fingerprint density at radius 2 is 2.26 bits per heavy atom. The predicted octanol–water partition coefficient (Wildman–Crippen LogP) is 3.08. The number of aromatic nitrogens is 3. The van der Waals surface area contributed by atoms with E-state index >= 15 is 0 Å². The first-order valence-corrected chi connectivity index (χ1v) is 7.39. The molecule has 0 aliphatic rings. The van der Waals surface area contributed by atoms with Crippen molar-refractivity contribution in [2.24, 2.45) is 0 Å². The number of hydrogen-bond donors (Lipinski definition) is 1. The summed E-state index contributed by atoms with van der Waals surface area (Å²) in [6.07, 6.45) is 9.52. The van der Waals surface area contributed by atoms with E-state index in [1.165, 1.54) is 0 Å². The molecule has 1 atom stereocenters. The summed E-state index contributed by atoms with van der Waals surface area (Å²) in [6, 6.07) is 1.98. The minimum atomic E-state index is -0.350. The van der Waals surface area contributed by atoms with Crippen molar-refractivity contribution in [3.63, 3.8) is 0 Å². The van der Waals surface area contributed by atoms with Gasteiger partial charge in [-0.3, -0.25) is 4.40 Å². The van der Waals surface area contributed by atoms with Crippen molar-refractivity contribution < 1.29 is 5.11 Å². The van der Waals surface area contributed by atoms with Crippen LogP contribution in [0.15, 0.2) is 36.2 Å². The lowest BCUT2D eigenvalue weighted by molar-refractivity contribution is 0.166. The van der Waals surface area contributed by atoms with E-state index in [2.05, 4.69) is 16.5 Å². The summed E-state index contributed by atoms with van der Waals surface area (Å²) in [5.41, 5.74) is 2.03. The molecule has 0 aromatic carbocycles. The van der Waals surface area contributed by atoms with E-state index in [0.717, 1.165) is 35.6 Å². The van der Waals surface area contributed by atoms with Crippen LogP contribution in [0.2, 0.25) is 0 Å². The van der Waals surface area contributed by atoms with Gasteiger partial charge in [0, 0.05) is 30.2 Å². The van der Waals surface area contributed by atoms with Crippen molar-refractivity contribution in [2.45, 2.75) is 32.4 Å². The van der Waals surface area contributed by atoms with Gasteiger partial charge < -0.3 is 9.67 Å². The predicted molar refractivity (Wildman–Crippen MR) is 76.5 cm³/mol. The highest BCUT2D eigenvalue weighted by atomic mass is 32.1. The van der Waals surface area contributed by atoms with E-state index in [9.17, 15) is 5.11 Å². The fraction of sp³-hybridized carbons (Fsp3) is 0.357. The Balaban J connectivity index is 1.74. The van der Waals surface area contributed by atoms with E-state index in [1.807, 2.05) is 40.6 Å². The second-order valence-electron chi connectivity index (χ2n) is 4.75. The number of aliphatic hydroxyl groups excluding tert-OH is 1. The van der Waals surface area contributed by atoms with Crippen molar-refractivity contribution >= 4 is 16.3 Å². The Hall–Kier alpha value is -1.59. The van der Waals surface area contributed by atoms with E-state index in [1.54, 1.807) is 11.3 Å². The number of thiazole rings is 1. The van der Waals surface area contributed by atoms with Crippen LogP contribution in [0.25, 0.3) is 4.96 Å². The zero-order valence-electron chi connectivity index (χ0n) is 10.9. The van der Waals surface area contributed by atoms with E-state index < -0.39 is 0 Å². The summed E-state index contributed by atoms with van der Waals surface area (Å²) < 4.78 is 4.11. The molecule has 1 N–H and O–H groups in total. The first kappa shape index (κ1) is 12.4. The quantitative estimate of drug-likeness (QED) is 0.777. The number of hydrogen-bond acceptors (Lipinski definition) is 3. The minimum absolute atomic E-state index is 0.350. The van der Waals surface area contributed by atoms with Gasteiger partial charge in [0.2, 0.25) is 0 Å². The third-order valence-electron chi connectivity index (χ3n) is 3.21.